The van der Waals surface area contributed by atoms with Crippen molar-refractivity contribution in [2.24, 2.45) is 0 Å². The van der Waals surface area contributed by atoms with E-state index in [0.717, 1.165) is 12.2 Å². The van der Waals surface area contributed by atoms with Crippen molar-refractivity contribution in [1.29, 1.82) is 0 Å². The highest BCUT2D eigenvalue weighted by Crippen LogP contribution is 2.35. The molecule has 0 unspecified atom stereocenters. The molecule has 0 radical (unpaired) electrons. The minimum absolute atomic E-state index is 0.0621. The lowest BCUT2D eigenvalue weighted by Crippen LogP contribution is -2.03. The Balaban J connectivity index is 3.76. The zero-order valence-corrected chi connectivity index (χ0v) is 15.2. The molecule has 128 valence electrons. The molecule has 0 aliphatic rings. The monoisotopic (exact) mass is 326 g/mol. The Labute approximate surface area is 137 Å². The summed E-state index contributed by atoms with van der Waals surface area (Å²) < 4.78 is 0. The number of carboxylic acids is 1. The van der Waals surface area contributed by atoms with Crippen LogP contribution in [0.1, 0.15) is 71.1 Å². The molecule has 0 fully saturated rings. The highest BCUT2D eigenvalue weighted by atomic mass is 32.2. The van der Waals surface area contributed by atoms with E-state index in [4.69, 9.17) is 5.11 Å². The molecular weight excluding hydrogens is 292 g/mol. The van der Waals surface area contributed by atoms with Crippen LogP contribution in [0.2, 0.25) is 0 Å². The molecule has 0 aromatic carbocycles. The molecule has 0 spiro atoms. The van der Waals surface area contributed by atoms with Crippen LogP contribution in [0.5, 0.6) is 0 Å². The minimum atomic E-state index is -1.59. The molecule has 0 aliphatic heterocycles. The van der Waals surface area contributed by atoms with Gasteiger partial charge in [0, 0.05) is 4.91 Å². The Morgan fingerprint density at radius 3 is 1.68 bits per heavy atom. The van der Waals surface area contributed by atoms with E-state index >= 15 is 0 Å². The van der Waals surface area contributed by atoms with Gasteiger partial charge in [0.1, 0.15) is 0 Å². The van der Waals surface area contributed by atoms with E-state index in [1.54, 1.807) is 0 Å². The Morgan fingerprint density at radius 2 is 1.27 bits per heavy atom. The topological polar surface area (TPSA) is 37.3 Å². The molecule has 2 nitrogen and oxygen atoms in total. The average molecular weight is 327 g/mol. The Hall–Kier alpha value is -0.960. The van der Waals surface area contributed by atoms with Crippen molar-refractivity contribution < 1.29 is 9.90 Å². The third-order valence-corrected chi connectivity index (χ3v) is 6.37. The molecule has 0 aromatic rings. The average Bonchev–Trinajstić information content (AvgIpc) is 2.47. The summed E-state index contributed by atoms with van der Waals surface area (Å²) in [4.78, 5) is 11.5. The summed E-state index contributed by atoms with van der Waals surface area (Å²) in [7, 11) is -1.59. The van der Waals surface area contributed by atoms with E-state index < -0.39 is 15.2 Å². The highest BCUT2D eigenvalue weighted by Gasteiger charge is 2.12. The fraction of sp³-hybridized carbons (Fsp3) is 0.632. The second-order valence-electron chi connectivity index (χ2n) is 6.14. The summed E-state index contributed by atoms with van der Waals surface area (Å²) in [5.74, 6) is 8.02. The fourth-order valence-electron chi connectivity index (χ4n) is 2.37. The van der Waals surface area contributed by atoms with Crippen molar-refractivity contribution in [2.75, 3.05) is 5.75 Å². The number of hydrogen-bond donors (Lipinski definition) is 1. The molecule has 1 N–H and O–H groups in total. The highest BCUT2D eigenvalue weighted by molar-refractivity contribution is 8.31. The van der Waals surface area contributed by atoms with Crippen molar-refractivity contribution in [2.45, 2.75) is 71.1 Å². The van der Waals surface area contributed by atoms with Crippen LogP contribution in [0.15, 0.2) is 23.6 Å². The van der Waals surface area contributed by atoms with Gasteiger partial charge in [-0.25, -0.2) is 4.79 Å². The molecule has 22 heavy (non-hydrogen) atoms. The van der Waals surface area contributed by atoms with E-state index in [1.807, 2.05) is 0 Å². The van der Waals surface area contributed by atoms with Gasteiger partial charge >= 0.3 is 5.97 Å². The van der Waals surface area contributed by atoms with Crippen molar-refractivity contribution in [3.05, 3.63) is 23.6 Å². The van der Waals surface area contributed by atoms with Crippen molar-refractivity contribution in [3.63, 3.8) is 0 Å². The first kappa shape index (κ1) is 21.0. The summed E-state index contributed by atoms with van der Waals surface area (Å²) in [6, 6.07) is 0. The van der Waals surface area contributed by atoms with Crippen LogP contribution < -0.4 is 0 Å². The van der Waals surface area contributed by atoms with Gasteiger partial charge in [0.25, 0.3) is 0 Å². The second kappa shape index (κ2) is 11.6. The largest absolute Gasteiger partial charge is 0.478 e. The SMILES string of the molecule is C=C(C(=C)S(=C)(=C)CCCCCCCCCCCC)C(=O)O. The zero-order valence-electron chi connectivity index (χ0n) is 14.4. The van der Waals surface area contributed by atoms with Crippen molar-refractivity contribution >= 4 is 26.9 Å². The van der Waals surface area contributed by atoms with E-state index in [1.165, 1.54) is 57.8 Å². The number of unbranched alkanes of at least 4 members (excludes halogenated alkanes) is 9. The van der Waals surface area contributed by atoms with Crippen LogP contribution in [0.25, 0.3) is 0 Å². The van der Waals surface area contributed by atoms with Crippen LogP contribution >= 0.6 is 9.21 Å². The summed E-state index contributed by atoms with van der Waals surface area (Å²) >= 11 is 0. The van der Waals surface area contributed by atoms with E-state index in [0.29, 0.717) is 4.91 Å². The molecule has 0 rings (SSSR count). The summed E-state index contributed by atoms with van der Waals surface area (Å²) in [5, 5.41) is 8.96. The lowest BCUT2D eigenvalue weighted by Gasteiger charge is -2.17. The molecule has 0 aromatic heterocycles. The molecular formula is C19H34O2S. The number of hydrogen-bond acceptors (Lipinski definition) is 1. The molecule has 0 saturated carbocycles. The Kier molecular flexibility index (Phi) is 11.1. The van der Waals surface area contributed by atoms with Gasteiger partial charge in [-0.2, -0.15) is 9.21 Å². The molecule has 0 atom stereocenters. The number of carboxylic acid groups (broad SMARTS) is 1. The Bertz CT molecular complexity index is 458. The number of aliphatic carboxylic acids is 1. The lowest BCUT2D eigenvalue weighted by atomic mass is 10.1. The molecule has 0 saturated heterocycles. The molecule has 3 heteroatoms. The van der Waals surface area contributed by atoms with Gasteiger partial charge in [-0.05, 0) is 12.2 Å². The predicted octanol–water partition coefficient (Wildman–Crippen LogP) is 5.73. The summed E-state index contributed by atoms with van der Waals surface area (Å²) in [6.07, 6.45) is 12.9. The van der Waals surface area contributed by atoms with Crippen LogP contribution in [0.3, 0.4) is 0 Å². The first-order valence-electron chi connectivity index (χ1n) is 8.41. The quantitative estimate of drug-likeness (QED) is 0.191. The number of carbonyl (C=O) groups is 1. The lowest BCUT2D eigenvalue weighted by molar-refractivity contribution is -0.132. The second-order valence-corrected chi connectivity index (χ2v) is 9.13. The van der Waals surface area contributed by atoms with Crippen molar-refractivity contribution in [3.8, 4) is 0 Å². The van der Waals surface area contributed by atoms with E-state index in [-0.39, 0.29) is 5.57 Å². The van der Waals surface area contributed by atoms with Gasteiger partial charge in [-0.15, -0.1) is 0 Å². The molecule has 0 amide bonds. The standard InChI is InChI=1S/C19H34O2S/c1-6-7-8-9-10-11-12-13-14-15-16-22(4,5)18(3)17(2)19(20)21/h2-16H2,1H3,(H,20,21). The van der Waals surface area contributed by atoms with Gasteiger partial charge in [0.15, 0.2) is 0 Å². The van der Waals surface area contributed by atoms with Crippen LogP contribution in [-0.2, 0) is 4.79 Å². The molecule has 0 heterocycles. The third-order valence-electron chi connectivity index (χ3n) is 4.01. The van der Waals surface area contributed by atoms with Crippen LogP contribution in [-0.4, -0.2) is 28.6 Å². The van der Waals surface area contributed by atoms with Crippen molar-refractivity contribution in [1.82, 2.24) is 0 Å². The predicted molar refractivity (Wildman–Crippen MR) is 104 cm³/mol. The Morgan fingerprint density at radius 1 is 0.864 bits per heavy atom. The maximum atomic E-state index is 10.9. The summed E-state index contributed by atoms with van der Waals surface area (Å²) in [6.45, 7) is 9.65. The molecule has 0 aliphatic carbocycles. The van der Waals surface area contributed by atoms with Gasteiger partial charge in [0.2, 0.25) is 0 Å². The maximum Gasteiger partial charge on any atom is 0.336 e. The molecule has 0 bridgehead atoms. The smallest absolute Gasteiger partial charge is 0.336 e. The van der Waals surface area contributed by atoms with Gasteiger partial charge < -0.3 is 5.11 Å². The first-order valence-corrected chi connectivity index (χ1v) is 10.6. The van der Waals surface area contributed by atoms with Gasteiger partial charge in [-0.1, -0.05) is 89.6 Å². The van der Waals surface area contributed by atoms with Gasteiger partial charge in [0.05, 0.1) is 5.57 Å². The minimum Gasteiger partial charge on any atom is -0.478 e. The summed E-state index contributed by atoms with van der Waals surface area (Å²) in [5.41, 5.74) is 0.0621. The zero-order chi connectivity index (χ0) is 17.0. The fourth-order valence-corrected chi connectivity index (χ4v) is 3.98. The maximum absolute atomic E-state index is 10.9. The number of rotatable bonds is 14. The third kappa shape index (κ3) is 9.14. The first-order chi connectivity index (χ1) is 10.3. The van der Waals surface area contributed by atoms with Crippen LogP contribution in [0, 0.1) is 0 Å². The van der Waals surface area contributed by atoms with E-state index in [9.17, 15) is 4.79 Å². The van der Waals surface area contributed by atoms with E-state index in [2.05, 4.69) is 31.8 Å². The van der Waals surface area contributed by atoms with Crippen LogP contribution in [0.4, 0.5) is 0 Å². The van der Waals surface area contributed by atoms with Gasteiger partial charge in [-0.3, -0.25) is 0 Å². The normalized spacial score (nSPS) is 11.3.